The van der Waals surface area contributed by atoms with E-state index in [1.165, 1.54) is 0 Å². The van der Waals surface area contributed by atoms with Crippen molar-refractivity contribution >= 4 is 11.4 Å². The zero-order valence-electron chi connectivity index (χ0n) is 12.5. The SMILES string of the molecule is CNc1cc(CN2CC(OC)C(OC)C2)ccc1[N+](=O)[O-]. The van der Waals surface area contributed by atoms with Gasteiger partial charge in [-0.05, 0) is 11.6 Å². The zero-order valence-corrected chi connectivity index (χ0v) is 12.5. The lowest BCUT2D eigenvalue weighted by atomic mass is 10.1. The van der Waals surface area contributed by atoms with Gasteiger partial charge in [0.25, 0.3) is 5.69 Å². The standard InChI is InChI=1S/C14H21N3O4/c1-15-11-6-10(4-5-12(11)17(18)19)7-16-8-13(20-2)14(9-16)21-3/h4-6,13-15H,7-9H2,1-3H3. The molecule has 116 valence electrons. The summed E-state index contributed by atoms with van der Waals surface area (Å²) in [6.45, 7) is 2.30. The van der Waals surface area contributed by atoms with Gasteiger partial charge in [0.05, 0.1) is 17.1 Å². The Kier molecular flexibility index (Phi) is 5.11. The predicted octanol–water partition coefficient (Wildman–Crippen LogP) is 1.48. The Morgan fingerprint density at radius 2 is 1.95 bits per heavy atom. The van der Waals surface area contributed by atoms with Crippen LogP contribution in [0, 0.1) is 10.1 Å². The maximum Gasteiger partial charge on any atom is 0.292 e. The molecule has 0 spiro atoms. The lowest BCUT2D eigenvalue weighted by molar-refractivity contribution is -0.384. The Morgan fingerprint density at radius 1 is 1.33 bits per heavy atom. The van der Waals surface area contributed by atoms with Gasteiger partial charge in [0.2, 0.25) is 0 Å². The first-order valence-corrected chi connectivity index (χ1v) is 6.82. The number of likely N-dealkylation sites (tertiary alicyclic amines) is 1. The molecule has 1 heterocycles. The molecule has 1 N–H and O–H groups in total. The Balaban J connectivity index is 2.08. The van der Waals surface area contributed by atoms with Gasteiger partial charge < -0.3 is 14.8 Å². The van der Waals surface area contributed by atoms with Gasteiger partial charge in [0, 0.05) is 47.0 Å². The quantitative estimate of drug-likeness (QED) is 0.633. The third-order valence-electron chi connectivity index (χ3n) is 3.83. The molecule has 1 fully saturated rings. The van der Waals surface area contributed by atoms with Crippen LogP contribution in [0.1, 0.15) is 5.56 Å². The minimum absolute atomic E-state index is 0.0665. The molecule has 7 nitrogen and oxygen atoms in total. The van der Waals surface area contributed by atoms with Gasteiger partial charge in [0.1, 0.15) is 5.69 Å². The number of methoxy groups -OCH3 is 2. The molecule has 1 saturated heterocycles. The number of ether oxygens (including phenoxy) is 2. The molecule has 0 saturated carbocycles. The molecule has 0 bridgehead atoms. The normalized spacial score (nSPS) is 22.4. The van der Waals surface area contributed by atoms with Crippen molar-refractivity contribution < 1.29 is 14.4 Å². The summed E-state index contributed by atoms with van der Waals surface area (Å²) < 4.78 is 10.8. The molecule has 21 heavy (non-hydrogen) atoms. The maximum absolute atomic E-state index is 10.9. The first kappa shape index (κ1) is 15.7. The zero-order chi connectivity index (χ0) is 15.4. The lowest BCUT2D eigenvalue weighted by Crippen LogP contribution is -2.27. The number of anilines is 1. The van der Waals surface area contributed by atoms with Gasteiger partial charge in [-0.3, -0.25) is 15.0 Å². The fraction of sp³-hybridized carbons (Fsp3) is 0.571. The summed E-state index contributed by atoms with van der Waals surface area (Å²) in [4.78, 5) is 12.8. The highest BCUT2D eigenvalue weighted by molar-refractivity contribution is 5.62. The summed E-state index contributed by atoms with van der Waals surface area (Å²) in [5.41, 5.74) is 1.65. The maximum atomic E-state index is 10.9. The van der Waals surface area contributed by atoms with Crippen LogP contribution >= 0.6 is 0 Å². The van der Waals surface area contributed by atoms with Gasteiger partial charge in [-0.25, -0.2) is 0 Å². The van der Waals surface area contributed by atoms with E-state index in [4.69, 9.17) is 9.47 Å². The van der Waals surface area contributed by atoms with Crippen LogP contribution in [-0.4, -0.2) is 56.4 Å². The average Bonchev–Trinajstić information content (AvgIpc) is 2.88. The van der Waals surface area contributed by atoms with Crippen LogP contribution in [0.25, 0.3) is 0 Å². The van der Waals surface area contributed by atoms with E-state index < -0.39 is 0 Å². The second kappa shape index (κ2) is 6.84. The van der Waals surface area contributed by atoms with E-state index in [9.17, 15) is 10.1 Å². The van der Waals surface area contributed by atoms with Crippen LogP contribution in [0.15, 0.2) is 18.2 Å². The van der Waals surface area contributed by atoms with Crippen LogP contribution in [0.5, 0.6) is 0 Å². The molecule has 1 aromatic carbocycles. The highest BCUT2D eigenvalue weighted by Crippen LogP contribution is 2.26. The minimum atomic E-state index is -0.382. The fourth-order valence-corrected chi connectivity index (χ4v) is 2.70. The van der Waals surface area contributed by atoms with E-state index in [0.717, 1.165) is 18.7 Å². The van der Waals surface area contributed by atoms with Gasteiger partial charge in [-0.1, -0.05) is 6.07 Å². The number of nitro groups is 1. The Morgan fingerprint density at radius 3 is 2.43 bits per heavy atom. The fourth-order valence-electron chi connectivity index (χ4n) is 2.70. The molecule has 7 heteroatoms. The largest absolute Gasteiger partial charge is 0.383 e. The van der Waals surface area contributed by atoms with Crippen LogP contribution < -0.4 is 5.32 Å². The summed E-state index contributed by atoms with van der Waals surface area (Å²) in [6.07, 6.45) is 0.133. The minimum Gasteiger partial charge on any atom is -0.383 e. The molecule has 0 radical (unpaired) electrons. The van der Waals surface area contributed by atoms with Gasteiger partial charge in [-0.2, -0.15) is 0 Å². The van der Waals surface area contributed by atoms with E-state index in [2.05, 4.69) is 10.2 Å². The van der Waals surface area contributed by atoms with E-state index in [-0.39, 0.29) is 22.8 Å². The summed E-state index contributed by atoms with van der Waals surface area (Å²) in [7, 11) is 5.06. The molecule has 1 aromatic rings. The van der Waals surface area contributed by atoms with Crippen LogP contribution in [0.3, 0.4) is 0 Å². The molecule has 1 aliphatic heterocycles. The Bertz CT molecular complexity index is 497. The molecule has 1 aliphatic rings. The Labute approximate surface area is 124 Å². The number of rotatable bonds is 6. The van der Waals surface area contributed by atoms with Crippen LogP contribution in [0.2, 0.25) is 0 Å². The summed E-state index contributed by atoms with van der Waals surface area (Å²) in [6, 6.07) is 5.15. The summed E-state index contributed by atoms with van der Waals surface area (Å²) in [5.74, 6) is 0. The van der Waals surface area contributed by atoms with E-state index in [0.29, 0.717) is 12.2 Å². The highest BCUT2D eigenvalue weighted by Gasteiger charge is 2.32. The van der Waals surface area contributed by atoms with Crippen molar-refractivity contribution in [1.82, 2.24) is 4.90 Å². The van der Waals surface area contributed by atoms with Crippen molar-refractivity contribution in [3.63, 3.8) is 0 Å². The van der Waals surface area contributed by atoms with Gasteiger partial charge in [-0.15, -0.1) is 0 Å². The van der Waals surface area contributed by atoms with Crippen molar-refractivity contribution in [2.75, 3.05) is 39.7 Å². The first-order chi connectivity index (χ1) is 10.1. The predicted molar refractivity (Wildman–Crippen MR) is 79.5 cm³/mol. The molecular weight excluding hydrogens is 274 g/mol. The number of hydrogen-bond donors (Lipinski definition) is 1. The number of nitrogens with one attached hydrogen (secondary N) is 1. The van der Waals surface area contributed by atoms with Crippen molar-refractivity contribution in [3.8, 4) is 0 Å². The average molecular weight is 295 g/mol. The van der Waals surface area contributed by atoms with Gasteiger partial charge in [0.15, 0.2) is 0 Å². The molecule has 0 aromatic heterocycles. The summed E-state index contributed by atoms with van der Waals surface area (Å²) in [5, 5.41) is 13.8. The highest BCUT2D eigenvalue weighted by atomic mass is 16.6. The van der Waals surface area contributed by atoms with Crippen molar-refractivity contribution in [2.45, 2.75) is 18.8 Å². The number of nitrogens with zero attached hydrogens (tertiary/aromatic N) is 2. The summed E-state index contributed by atoms with van der Waals surface area (Å²) >= 11 is 0. The smallest absolute Gasteiger partial charge is 0.292 e. The van der Waals surface area contributed by atoms with Crippen molar-refractivity contribution in [1.29, 1.82) is 0 Å². The third kappa shape index (κ3) is 3.49. The number of benzene rings is 1. The van der Waals surface area contributed by atoms with E-state index in [1.54, 1.807) is 33.4 Å². The molecular formula is C14H21N3O4. The second-order valence-electron chi connectivity index (χ2n) is 5.10. The topological polar surface area (TPSA) is 76.9 Å². The molecule has 0 aliphatic carbocycles. The second-order valence-corrected chi connectivity index (χ2v) is 5.10. The van der Waals surface area contributed by atoms with Gasteiger partial charge >= 0.3 is 0 Å². The molecule has 0 amide bonds. The number of nitro benzene ring substituents is 1. The third-order valence-corrected chi connectivity index (χ3v) is 3.83. The Hall–Kier alpha value is -1.70. The first-order valence-electron chi connectivity index (χ1n) is 6.82. The lowest BCUT2D eigenvalue weighted by Gasteiger charge is -2.15. The van der Waals surface area contributed by atoms with E-state index in [1.807, 2.05) is 6.07 Å². The monoisotopic (exact) mass is 295 g/mol. The van der Waals surface area contributed by atoms with Crippen LogP contribution in [-0.2, 0) is 16.0 Å². The van der Waals surface area contributed by atoms with Crippen molar-refractivity contribution in [2.24, 2.45) is 0 Å². The van der Waals surface area contributed by atoms with Crippen LogP contribution in [0.4, 0.5) is 11.4 Å². The molecule has 2 rings (SSSR count). The molecule has 2 unspecified atom stereocenters. The van der Waals surface area contributed by atoms with Crippen molar-refractivity contribution in [3.05, 3.63) is 33.9 Å². The number of hydrogen-bond acceptors (Lipinski definition) is 6. The molecule has 2 atom stereocenters. The van der Waals surface area contributed by atoms with E-state index >= 15 is 0 Å².